The summed E-state index contributed by atoms with van der Waals surface area (Å²) in [5.41, 5.74) is 1.68. The molecule has 2 aromatic rings. The van der Waals surface area contributed by atoms with Gasteiger partial charge in [-0.15, -0.1) is 0 Å². The maximum atomic E-state index is 13.3. The van der Waals surface area contributed by atoms with Gasteiger partial charge in [0.1, 0.15) is 5.82 Å². The molecule has 1 N–H and O–H groups in total. The Balaban J connectivity index is 1.61. The molecule has 138 valence electrons. The second-order valence-corrected chi connectivity index (χ2v) is 6.43. The third kappa shape index (κ3) is 3.98. The number of amides is 2. The summed E-state index contributed by atoms with van der Waals surface area (Å²) in [7, 11) is 1.58. The lowest BCUT2D eigenvalue weighted by Gasteiger charge is -2.22. The van der Waals surface area contributed by atoms with Gasteiger partial charge in [0.15, 0.2) is 0 Å². The molecule has 0 radical (unpaired) electrons. The number of alkyl halides is 3. The Labute approximate surface area is 148 Å². The number of aryl methyl sites for hydroxylation is 1. The lowest BCUT2D eigenvalue weighted by atomic mass is 10.1. The molecule has 1 unspecified atom stereocenters. The van der Waals surface area contributed by atoms with Crippen LogP contribution in [0.15, 0.2) is 42.5 Å². The van der Waals surface area contributed by atoms with Crippen LogP contribution in [0.4, 0.5) is 22.4 Å². The normalized spacial score (nSPS) is 16.3. The van der Waals surface area contributed by atoms with Gasteiger partial charge < -0.3 is 10.2 Å². The average Bonchev–Trinajstić information content (AvgIpc) is 2.96. The number of urea groups is 1. The minimum atomic E-state index is -4.38. The fourth-order valence-corrected chi connectivity index (χ4v) is 3.14. The lowest BCUT2D eigenvalue weighted by Crippen LogP contribution is -2.38. The summed E-state index contributed by atoms with van der Waals surface area (Å²) >= 11 is 0. The zero-order valence-corrected chi connectivity index (χ0v) is 14.1. The first-order valence-electron chi connectivity index (χ1n) is 8.20. The maximum absolute atomic E-state index is 13.3. The van der Waals surface area contributed by atoms with E-state index in [0.717, 1.165) is 23.3 Å². The molecule has 0 fully saturated rings. The van der Waals surface area contributed by atoms with Crippen LogP contribution in [0.25, 0.3) is 0 Å². The van der Waals surface area contributed by atoms with E-state index in [-0.39, 0.29) is 24.4 Å². The molecule has 0 saturated carbocycles. The summed E-state index contributed by atoms with van der Waals surface area (Å²) < 4.78 is 51.0. The number of rotatable bonds is 3. The van der Waals surface area contributed by atoms with E-state index in [4.69, 9.17) is 0 Å². The predicted molar refractivity (Wildman–Crippen MR) is 88.9 cm³/mol. The second kappa shape index (κ2) is 6.97. The highest BCUT2D eigenvalue weighted by Gasteiger charge is 2.30. The third-order valence-corrected chi connectivity index (χ3v) is 4.53. The van der Waals surface area contributed by atoms with Gasteiger partial charge in [-0.25, -0.2) is 9.18 Å². The summed E-state index contributed by atoms with van der Waals surface area (Å²) in [6.07, 6.45) is -2.99. The van der Waals surface area contributed by atoms with Crippen molar-refractivity contribution in [2.75, 3.05) is 7.05 Å². The van der Waals surface area contributed by atoms with E-state index < -0.39 is 11.7 Å². The predicted octanol–water partition coefficient (Wildman–Crippen LogP) is 4.67. The van der Waals surface area contributed by atoms with Gasteiger partial charge >= 0.3 is 12.2 Å². The van der Waals surface area contributed by atoms with Crippen molar-refractivity contribution in [3.05, 3.63) is 70.5 Å². The van der Waals surface area contributed by atoms with Gasteiger partial charge in [0.25, 0.3) is 0 Å². The van der Waals surface area contributed by atoms with Crippen molar-refractivity contribution >= 4 is 6.03 Å². The van der Waals surface area contributed by atoms with E-state index in [2.05, 4.69) is 5.32 Å². The number of nitrogens with zero attached hydrogens (tertiary/aromatic N) is 1. The number of hydrogen-bond acceptors (Lipinski definition) is 1. The van der Waals surface area contributed by atoms with Crippen LogP contribution in [0, 0.1) is 5.82 Å². The molecule has 2 aromatic carbocycles. The maximum Gasteiger partial charge on any atom is 0.416 e. The molecule has 0 heterocycles. The number of nitrogens with one attached hydrogen (secondary N) is 1. The van der Waals surface area contributed by atoms with Crippen LogP contribution in [-0.2, 0) is 19.1 Å². The molecule has 0 aliphatic heterocycles. The van der Waals surface area contributed by atoms with Crippen molar-refractivity contribution in [1.82, 2.24) is 10.2 Å². The standard InChI is InChI=1S/C19H18F4N2O/c1-25(11-12-2-5-14(6-3-12)19(21,22)23)18(26)24-17-9-4-13-10-15(20)7-8-16(13)17/h2-3,5-8,10,17H,4,9,11H2,1H3,(H,24,26). The van der Waals surface area contributed by atoms with E-state index in [1.165, 1.54) is 29.2 Å². The Hall–Kier alpha value is -2.57. The summed E-state index contributed by atoms with van der Waals surface area (Å²) in [5.74, 6) is -0.296. The first-order chi connectivity index (χ1) is 12.2. The van der Waals surface area contributed by atoms with E-state index in [1.54, 1.807) is 13.1 Å². The van der Waals surface area contributed by atoms with Crippen LogP contribution < -0.4 is 5.32 Å². The Morgan fingerprint density at radius 1 is 1.19 bits per heavy atom. The fraction of sp³-hybridized carbons (Fsp3) is 0.316. The molecule has 0 spiro atoms. The van der Waals surface area contributed by atoms with Crippen molar-refractivity contribution in [3.8, 4) is 0 Å². The van der Waals surface area contributed by atoms with E-state index in [0.29, 0.717) is 18.4 Å². The van der Waals surface area contributed by atoms with Gasteiger partial charge in [0.05, 0.1) is 11.6 Å². The molecule has 1 aliphatic carbocycles. The molecule has 2 amide bonds. The molecule has 0 aromatic heterocycles. The molecule has 1 aliphatic rings. The molecule has 3 nitrogen and oxygen atoms in total. The molecular formula is C19H18F4N2O. The number of hydrogen-bond donors (Lipinski definition) is 1. The minimum absolute atomic E-state index is 0.187. The van der Waals surface area contributed by atoms with Gasteiger partial charge in [0.2, 0.25) is 0 Å². The largest absolute Gasteiger partial charge is 0.416 e. The van der Waals surface area contributed by atoms with Crippen molar-refractivity contribution in [3.63, 3.8) is 0 Å². The number of benzene rings is 2. The zero-order valence-electron chi connectivity index (χ0n) is 14.1. The number of carbonyl (C=O) groups is 1. The Kier molecular flexibility index (Phi) is 4.89. The van der Waals surface area contributed by atoms with Crippen molar-refractivity contribution in [1.29, 1.82) is 0 Å². The smallest absolute Gasteiger partial charge is 0.331 e. The quantitative estimate of drug-likeness (QED) is 0.787. The van der Waals surface area contributed by atoms with Gasteiger partial charge in [0, 0.05) is 13.6 Å². The van der Waals surface area contributed by atoms with E-state index >= 15 is 0 Å². The Morgan fingerprint density at radius 3 is 2.54 bits per heavy atom. The molecular weight excluding hydrogens is 348 g/mol. The summed E-state index contributed by atoms with van der Waals surface area (Å²) in [6.45, 7) is 0.187. The molecule has 7 heteroatoms. The van der Waals surface area contributed by atoms with Gasteiger partial charge in [-0.3, -0.25) is 0 Å². The third-order valence-electron chi connectivity index (χ3n) is 4.53. The van der Waals surface area contributed by atoms with Crippen LogP contribution in [0.3, 0.4) is 0 Å². The highest BCUT2D eigenvalue weighted by Crippen LogP contribution is 2.32. The van der Waals surface area contributed by atoms with Crippen molar-refractivity contribution in [2.24, 2.45) is 0 Å². The zero-order chi connectivity index (χ0) is 18.9. The Morgan fingerprint density at radius 2 is 1.88 bits per heavy atom. The van der Waals surface area contributed by atoms with Crippen LogP contribution in [0.2, 0.25) is 0 Å². The molecule has 1 atom stereocenters. The van der Waals surface area contributed by atoms with Crippen LogP contribution in [-0.4, -0.2) is 18.0 Å². The van der Waals surface area contributed by atoms with Gasteiger partial charge in [-0.1, -0.05) is 18.2 Å². The summed E-state index contributed by atoms with van der Waals surface area (Å²) in [6, 6.07) is 8.74. The average molecular weight is 366 g/mol. The Bertz CT molecular complexity index is 802. The van der Waals surface area contributed by atoms with Gasteiger partial charge in [-0.2, -0.15) is 13.2 Å². The van der Waals surface area contributed by atoms with Gasteiger partial charge in [-0.05, 0) is 53.8 Å². The minimum Gasteiger partial charge on any atom is -0.331 e. The van der Waals surface area contributed by atoms with E-state index in [1.807, 2.05) is 0 Å². The monoisotopic (exact) mass is 366 g/mol. The first-order valence-corrected chi connectivity index (χ1v) is 8.20. The van der Waals surface area contributed by atoms with E-state index in [9.17, 15) is 22.4 Å². The van der Waals surface area contributed by atoms with Crippen molar-refractivity contribution in [2.45, 2.75) is 31.6 Å². The molecule has 0 saturated heterocycles. The SMILES string of the molecule is CN(Cc1ccc(C(F)(F)F)cc1)C(=O)NC1CCc2cc(F)ccc21. The molecule has 0 bridgehead atoms. The topological polar surface area (TPSA) is 32.3 Å². The number of fused-ring (bicyclic) bond motifs is 1. The number of carbonyl (C=O) groups excluding carboxylic acids is 1. The van der Waals surface area contributed by atoms with Crippen LogP contribution >= 0.6 is 0 Å². The lowest BCUT2D eigenvalue weighted by molar-refractivity contribution is -0.137. The molecule has 26 heavy (non-hydrogen) atoms. The van der Waals surface area contributed by atoms with Crippen LogP contribution in [0.1, 0.15) is 34.7 Å². The highest BCUT2D eigenvalue weighted by atomic mass is 19.4. The summed E-state index contributed by atoms with van der Waals surface area (Å²) in [5, 5.41) is 2.89. The second-order valence-electron chi connectivity index (χ2n) is 6.43. The highest BCUT2D eigenvalue weighted by molar-refractivity contribution is 5.74. The first kappa shape index (κ1) is 18.2. The van der Waals surface area contributed by atoms with Crippen molar-refractivity contribution < 1.29 is 22.4 Å². The van der Waals surface area contributed by atoms with Crippen LogP contribution in [0.5, 0.6) is 0 Å². The molecule has 3 rings (SSSR count). The summed E-state index contributed by atoms with van der Waals surface area (Å²) in [4.78, 5) is 13.8. The number of halogens is 4. The fourth-order valence-electron chi connectivity index (χ4n) is 3.14.